The molecular weight excluding hydrogens is 280 g/mol. The van der Waals surface area contributed by atoms with E-state index in [1.165, 1.54) is 32.1 Å². The van der Waals surface area contributed by atoms with Crippen LogP contribution in [0.15, 0.2) is 0 Å². The maximum absolute atomic E-state index is 8.93. The predicted octanol–water partition coefficient (Wildman–Crippen LogP) is 2.56. The molecule has 17 heavy (non-hydrogen) atoms. The number of nitrogens with zero attached hydrogens (tertiary/aromatic N) is 2. The Labute approximate surface area is 112 Å². The van der Waals surface area contributed by atoms with Crippen LogP contribution in [0, 0.1) is 16.7 Å². The van der Waals surface area contributed by atoms with Crippen LogP contribution in [0.1, 0.15) is 32.1 Å². The molecule has 0 spiro atoms. The third kappa shape index (κ3) is 3.43. The molecule has 0 N–H and O–H groups in total. The van der Waals surface area contributed by atoms with Gasteiger partial charge >= 0.3 is 0 Å². The van der Waals surface area contributed by atoms with Gasteiger partial charge in [-0.25, -0.2) is 0 Å². The molecule has 3 nitrogen and oxygen atoms in total. The number of morpholine rings is 1. The highest BCUT2D eigenvalue weighted by Crippen LogP contribution is 2.38. The van der Waals surface area contributed by atoms with E-state index in [9.17, 15) is 0 Å². The van der Waals surface area contributed by atoms with E-state index in [4.69, 9.17) is 10.00 Å². The Balaban J connectivity index is 1.91. The van der Waals surface area contributed by atoms with E-state index < -0.39 is 0 Å². The minimum Gasteiger partial charge on any atom is -0.361 e. The monoisotopic (exact) mass is 300 g/mol. The van der Waals surface area contributed by atoms with Gasteiger partial charge in [0.05, 0.1) is 12.7 Å². The molecule has 1 atom stereocenters. The van der Waals surface area contributed by atoms with E-state index >= 15 is 0 Å². The summed E-state index contributed by atoms with van der Waals surface area (Å²) in [4.78, 5) is 2.42. The van der Waals surface area contributed by atoms with Gasteiger partial charge < -0.3 is 4.74 Å². The second kappa shape index (κ2) is 6.17. The molecule has 2 aliphatic rings. The highest BCUT2D eigenvalue weighted by atomic mass is 79.9. The van der Waals surface area contributed by atoms with Gasteiger partial charge in [-0.2, -0.15) is 5.26 Å². The van der Waals surface area contributed by atoms with Crippen LogP contribution in [-0.4, -0.2) is 42.6 Å². The summed E-state index contributed by atoms with van der Waals surface area (Å²) in [6.07, 6.45) is 6.54. The number of halogens is 1. The van der Waals surface area contributed by atoms with Crippen LogP contribution in [0.4, 0.5) is 0 Å². The second-order valence-corrected chi connectivity index (χ2v) is 5.98. The smallest absolute Gasteiger partial charge is 0.156 e. The molecule has 1 aliphatic heterocycles. The zero-order valence-electron chi connectivity index (χ0n) is 10.3. The topological polar surface area (TPSA) is 36.3 Å². The fraction of sp³-hybridized carbons (Fsp3) is 0.923. The number of rotatable bonds is 3. The van der Waals surface area contributed by atoms with Crippen molar-refractivity contribution in [3.05, 3.63) is 0 Å². The van der Waals surface area contributed by atoms with Crippen LogP contribution in [0.2, 0.25) is 0 Å². The normalized spacial score (nSPS) is 29.8. The summed E-state index contributed by atoms with van der Waals surface area (Å²) in [5.74, 6) is 0. The first-order chi connectivity index (χ1) is 8.28. The van der Waals surface area contributed by atoms with Crippen molar-refractivity contribution in [3.63, 3.8) is 0 Å². The quantitative estimate of drug-likeness (QED) is 0.752. The van der Waals surface area contributed by atoms with Crippen molar-refractivity contribution in [2.24, 2.45) is 5.41 Å². The maximum Gasteiger partial charge on any atom is 0.156 e. The molecular formula is C13H21BrN2O. The van der Waals surface area contributed by atoms with E-state index in [2.05, 4.69) is 26.9 Å². The summed E-state index contributed by atoms with van der Waals surface area (Å²) >= 11 is 3.70. The minimum atomic E-state index is -0.222. The van der Waals surface area contributed by atoms with Gasteiger partial charge in [0.25, 0.3) is 0 Å². The van der Waals surface area contributed by atoms with Gasteiger partial charge in [-0.1, -0.05) is 35.2 Å². The van der Waals surface area contributed by atoms with Gasteiger partial charge in [-0.15, -0.1) is 0 Å². The van der Waals surface area contributed by atoms with Crippen molar-refractivity contribution in [2.45, 2.75) is 38.2 Å². The fourth-order valence-electron chi connectivity index (χ4n) is 3.03. The second-order valence-electron chi connectivity index (χ2n) is 5.42. The molecule has 1 unspecified atom stereocenters. The lowest BCUT2D eigenvalue weighted by atomic mass is 9.75. The molecule has 1 aliphatic carbocycles. The Morgan fingerprint density at radius 3 is 2.76 bits per heavy atom. The van der Waals surface area contributed by atoms with Crippen molar-refractivity contribution in [1.82, 2.24) is 4.90 Å². The first kappa shape index (κ1) is 13.3. The minimum absolute atomic E-state index is 0.222. The molecule has 2 fully saturated rings. The van der Waals surface area contributed by atoms with Crippen LogP contribution in [0.5, 0.6) is 0 Å². The molecule has 96 valence electrons. The molecule has 4 heteroatoms. The zero-order valence-corrected chi connectivity index (χ0v) is 11.9. The average Bonchev–Trinajstić information content (AvgIpc) is 2.40. The van der Waals surface area contributed by atoms with Crippen molar-refractivity contribution in [1.29, 1.82) is 5.26 Å². The summed E-state index contributed by atoms with van der Waals surface area (Å²) in [7, 11) is 0. The largest absolute Gasteiger partial charge is 0.361 e. The van der Waals surface area contributed by atoms with E-state index in [-0.39, 0.29) is 6.10 Å². The van der Waals surface area contributed by atoms with Gasteiger partial charge in [0.2, 0.25) is 0 Å². The van der Waals surface area contributed by atoms with E-state index in [0.717, 1.165) is 25.0 Å². The number of alkyl halides is 1. The summed E-state index contributed by atoms with van der Waals surface area (Å²) in [5, 5.41) is 10.0. The van der Waals surface area contributed by atoms with Gasteiger partial charge in [-0.05, 0) is 18.3 Å². The summed E-state index contributed by atoms with van der Waals surface area (Å²) in [6.45, 7) is 3.59. The van der Waals surface area contributed by atoms with Crippen LogP contribution >= 0.6 is 15.9 Å². The van der Waals surface area contributed by atoms with Gasteiger partial charge in [0, 0.05) is 25.0 Å². The summed E-state index contributed by atoms with van der Waals surface area (Å²) in [6, 6.07) is 2.23. The lowest BCUT2D eigenvalue weighted by molar-refractivity contribution is -0.0177. The highest BCUT2D eigenvalue weighted by molar-refractivity contribution is 9.09. The molecule has 0 bridgehead atoms. The van der Waals surface area contributed by atoms with E-state index in [0.29, 0.717) is 12.0 Å². The molecule has 0 radical (unpaired) electrons. The molecule has 1 saturated heterocycles. The summed E-state index contributed by atoms with van der Waals surface area (Å²) in [5.41, 5.74) is 0.440. The Kier molecular flexibility index (Phi) is 4.84. The molecule has 0 amide bonds. The molecule has 1 heterocycles. The van der Waals surface area contributed by atoms with Crippen LogP contribution in [0.3, 0.4) is 0 Å². The third-order valence-corrected chi connectivity index (χ3v) is 5.24. The van der Waals surface area contributed by atoms with Gasteiger partial charge in [-0.3, -0.25) is 4.90 Å². The molecule has 0 aromatic heterocycles. The SMILES string of the molecule is N#CC1CN(CC2(CBr)CCCCC2)CCO1. The van der Waals surface area contributed by atoms with Crippen molar-refractivity contribution < 1.29 is 4.74 Å². The zero-order chi connectivity index (χ0) is 12.1. The first-order valence-corrected chi connectivity index (χ1v) is 7.70. The van der Waals surface area contributed by atoms with E-state index in [1.807, 2.05) is 0 Å². The Hall–Kier alpha value is -0.110. The third-order valence-electron chi connectivity index (χ3n) is 4.05. The number of nitriles is 1. The maximum atomic E-state index is 8.93. The lowest BCUT2D eigenvalue weighted by Gasteiger charge is -2.41. The molecule has 0 aromatic rings. The Morgan fingerprint density at radius 2 is 2.12 bits per heavy atom. The number of hydrogen-bond donors (Lipinski definition) is 0. The lowest BCUT2D eigenvalue weighted by Crippen LogP contribution is -2.48. The van der Waals surface area contributed by atoms with Crippen molar-refractivity contribution >= 4 is 15.9 Å². The standard InChI is InChI=1S/C13H21BrN2O/c14-10-13(4-2-1-3-5-13)11-16-6-7-17-12(8-15)9-16/h12H,1-7,9-11H2. The number of hydrogen-bond acceptors (Lipinski definition) is 3. The van der Waals surface area contributed by atoms with Crippen LogP contribution < -0.4 is 0 Å². The summed E-state index contributed by atoms with van der Waals surface area (Å²) < 4.78 is 5.40. The Morgan fingerprint density at radius 1 is 1.35 bits per heavy atom. The van der Waals surface area contributed by atoms with Crippen molar-refractivity contribution in [3.8, 4) is 6.07 Å². The van der Waals surface area contributed by atoms with E-state index in [1.54, 1.807) is 0 Å². The van der Waals surface area contributed by atoms with Crippen LogP contribution in [-0.2, 0) is 4.74 Å². The molecule has 0 aromatic carbocycles. The number of ether oxygens (including phenoxy) is 1. The Bertz CT molecular complexity index is 284. The van der Waals surface area contributed by atoms with Gasteiger partial charge in [0.1, 0.15) is 0 Å². The predicted molar refractivity (Wildman–Crippen MR) is 71.1 cm³/mol. The fourth-order valence-corrected chi connectivity index (χ4v) is 3.77. The van der Waals surface area contributed by atoms with Gasteiger partial charge in [0.15, 0.2) is 6.10 Å². The molecule has 1 saturated carbocycles. The first-order valence-electron chi connectivity index (χ1n) is 6.58. The molecule has 2 rings (SSSR count). The highest BCUT2D eigenvalue weighted by Gasteiger charge is 2.34. The van der Waals surface area contributed by atoms with Crippen LogP contribution in [0.25, 0.3) is 0 Å². The van der Waals surface area contributed by atoms with Crippen molar-refractivity contribution in [2.75, 3.05) is 31.6 Å². The average molecular weight is 301 g/mol.